The molecule has 0 amide bonds. The van der Waals surface area contributed by atoms with Crippen LogP contribution in [-0.4, -0.2) is 49.0 Å². The molecule has 0 radical (unpaired) electrons. The van der Waals surface area contributed by atoms with Gasteiger partial charge in [-0.1, -0.05) is 18.2 Å². The SMILES string of the molecule is COc1cc(OC2CCN(CCC=O)CC2)ccc1-c1cnc2ccccc2c1. The lowest BCUT2D eigenvalue weighted by atomic mass is 10.0. The molecule has 150 valence electrons. The summed E-state index contributed by atoms with van der Waals surface area (Å²) in [5.74, 6) is 1.61. The third kappa shape index (κ3) is 4.57. The van der Waals surface area contributed by atoms with Crippen molar-refractivity contribution in [1.82, 2.24) is 9.88 Å². The quantitative estimate of drug-likeness (QED) is 0.562. The molecule has 0 bridgehead atoms. The highest BCUT2D eigenvalue weighted by Gasteiger charge is 2.20. The van der Waals surface area contributed by atoms with Crippen molar-refractivity contribution in [3.05, 3.63) is 54.7 Å². The zero-order valence-corrected chi connectivity index (χ0v) is 16.7. The van der Waals surface area contributed by atoms with Crippen LogP contribution in [0.2, 0.25) is 0 Å². The molecule has 1 aromatic heterocycles. The number of ether oxygens (including phenoxy) is 2. The third-order valence-electron chi connectivity index (χ3n) is 5.48. The molecule has 0 N–H and O–H groups in total. The minimum atomic E-state index is 0.195. The maximum atomic E-state index is 10.5. The van der Waals surface area contributed by atoms with E-state index in [4.69, 9.17) is 9.47 Å². The molecule has 3 aromatic rings. The summed E-state index contributed by atoms with van der Waals surface area (Å²) in [5.41, 5.74) is 3.01. The Labute approximate surface area is 171 Å². The molecule has 0 atom stereocenters. The van der Waals surface area contributed by atoms with E-state index < -0.39 is 0 Å². The third-order valence-corrected chi connectivity index (χ3v) is 5.48. The Hall–Kier alpha value is -2.92. The summed E-state index contributed by atoms with van der Waals surface area (Å²) in [6, 6.07) is 16.2. The van der Waals surface area contributed by atoms with Crippen LogP contribution in [0.3, 0.4) is 0 Å². The first-order valence-electron chi connectivity index (χ1n) is 10.1. The van der Waals surface area contributed by atoms with Crippen molar-refractivity contribution in [3.63, 3.8) is 0 Å². The summed E-state index contributed by atoms with van der Waals surface area (Å²) in [5, 5.41) is 1.11. The number of para-hydroxylation sites is 1. The zero-order chi connectivity index (χ0) is 20.1. The van der Waals surface area contributed by atoms with E-state index in [0.29, 0.717) is 6.42 Å². The first kappa shape index (κ1) is 19.4. The van der Waals surface area contributed by atoms with Crippen molar-refractivity contribution in [2.75, 3.05) is 26.7 Å². The Morgan fingerprint density at radius 2 is 1.97 bits per heavy atom. The molecule has 5 heteroatoms. The fourth-order valence-electron chi connectivity index (χ4n) is 3.88. The number of pyridine rings is 1. The van der Waals surface area contributed by atoms with Crippen molar-refractivity contribution in [3.8, 4) is 22.6 Å². The number of methoxy groups -OCH3 is 1. The number of fused-ring (bicyclic) bond motifs is 1. The highest BCUT2D eigenvalue weighted by molar-refractivity contribution is 5.84. The Kier molecular flexibility index (Phi) is 6.06. The minimum absolute atomic E-state index is 0.195. The average molecular weight is 390 g/mol. The predicted molar refractivity (Wildman–Crippen MR) is 115 cm³/mol. The Morgan fingerprint density at radius 3 is 2.76 bits per heavy atom. The van der Waals surface area contributed by atoms with E-state index in [0.717, 1.165) is 72.3 Å². The first-order valence-corrected chi connectivity index (χ1v) is 10.1. The number of benzene rings is 2. The van der Waals surface area contributed by atoms with Crippen LogP contribution in [0.5, 0.6) is 11.5 Å². The Balaban J connectivity index is 1.47. The fourth-order valence-corrected chi connectivity index (χ4v) is 3.88. The summed E-state index contributed by atoms with van der Waals surface area (Å²) in [4.78, 5) is 17.4. The number of rotatable bonds is 7. The number of hydrogen-bond acceptors (Lipinski definition) is 5. The molecule has 29 heavy (non-hydrogen) atoms. The van der Waals surface area contributed by atoms with E-state index in [9.17, 15) is 4.79 Å². The summed E-state index contributed by atoms with van der Waals surface area (Å²) >= 11 is 0. The highest BCUT2D eigenvalue weighted by Crippen LogP contribution is 2.35. The van der Waals surface area contributed by atoms with E-state index in [2.05, 4.69) is 22.0 Å². The number of aldehydes is 1. The summed E-state index contributed by atoms with van der Waals surface area (Å²) in [6.07, 6.45) is 5.61. The number of nitrogens with zero attached hydrogens (tertiary/aromatic N) is 2. The van der Waals surface area contributed by atoms with Gasteiger partial charge >= 0.3 is 0 Å². The minimum Gasteiger partial charge on any atom is -0.496 e. The van der Waals surface area contributed by atoms with Gasteiger partial charge in [0.15, 0.2) is 0 Å². The second kappa shape index (κ2) is 9.05. The van der Waals surface area contributed by atoms with Crippen LogP contribution in [0.1, 0.15) is 19.3 Å². The summed E-state index contributed by atoms with van der Waals surface area (Å²) in [7, 11) is 1.68. The van der Waals surface area contributed by atoms with Crippen molar-refractivity contribution >= 4 is 17.2 Å². The van der Waals surface area contributed by atoms with E-state index in [1.807, 2.05) is 42.6 Å². The second-order valence-corrected chi connectivity index (χ2v) is 7.39. The topological polar surface area (TPSA) is 51.7 Å². The van der Waals surface area contributed by atoms with Crippen molar-refractivity contribution in [2.45, 2.75) is 25.4 Å². The lowest BCUT2D eigenvalue weighted by molar-refractivity contribution is -0.108. The van der Waals surface area contributed by atoms with Crippen LogP contribution in [0, 0.1) is 0 Å². The van der Waals surface area contributed by atoms with Crippen LogP contribution in [0.15, 0.2) is 54.7 Å². The van der Waals surface area contributed by atoms with Crippen molar-refractivity contribution < 1.29 is 14.3 Å². The second-order valence-electron chi connectivity index (χ2n) is 7.39. The normalized spacial score (nSPS) is 15.3. The molecule has 5 nitrogen and oxygen atoms in total. The molecular formula is C24H26N2O3. The maximum Gasteiger partial charge on any atom is 0.130 e. The molecule has 4 rings (SSSR count). The van der Waals surface area contributed by atoms with Crippen molar-refractivity contribution in [1.29, 1.82) is 0 Å². The summed E-state index contributed by atoms with van der Waals surface area (Å²) in [6.45, 7) is 2.78. The molecule has 0 aliphatic carbocycles. The van der Waals surface area contributed by atoms with Gasteiger partial charge in [-0.25, -0.2) is 0 Å². The van der Waals surface area contributed by atoms with E-state index in [-0.39, 0.29) is 6.10 Å². The smallest absolute Gasteiger partial charge is 0.130 e. The van der Waals surface area contributed by atoms with Gasteiger partial charge in [-0.3, -0.25) is 4.98 Å². The maximum absolute atomic E-state index is 10.5. The lowest BCUT2D eigenvalue weighted by Crippen LogP contribution is -2.38. The number of aromatic nitrogens is 1. The zero-order valence-electron chi connectivity index (χ0n) is 16.7. The standard InChI is InChI=1S/C24H26N2O3/c1-28-24-16-21(29-20-9-12-26(13-10-20)11-4-14-27)7-8-22(24)19-15-18-5-2-3-6-23(18)25-17-19/h2-3,5-8,14-17,20H,4,9-13H2,1H3. The number of carbonyl (C=O) groups excluding carboxylic acids is 1. The lowest BCUT2D eigenvalue weighted by Gasteiger charge is -2.31. The molecular weight excluding hydrogens is 364 g/mol. The van der Waals surface area contributed by atoms with Gasteiger partial charge in [-0.05, 0) is 37.1 Å². The van der Waals surface area contributed by atoms with Gasteiger partial charge in [0.05, 0.1) is 12.6 Å². The monoisotopic (exact) mass is 390 g/mol. The molecule has 1 aliphatic rings. The molecule has 0 spiro atoms. The molecule has 1 saturated heterocycles. The molecule has 2 heterocycles. The van der Waals surface area contributed by atoms with E-state index in [1.165, 1.54) is 0 Å². The van der Waals surface area contributed by atoms with Crippen LogP contribution in [0.25, 0.3) is 22.0 Å². The van der Waals surface area contributed by atoms with Gasteiger partial charge < -0.3 is 19.2 Å². The predicted octanol–water partition coefficient (Wildman–Crippen LogP) is 4.34. The van der Waals surface area contributed by atoms with Gasteiger partial charge in [0.2, 0.25) is 0 Å². The van der Waals surface area contributed by atoms with Gasteiger partial charge in [0, 0.05) is 54.8 Å². The highest BCUT2D eigenvalue weighted by atomic mass is 16.5. The van der Waals surface area contributed by atoms with Crippen LogP contribution in [-0.2, 0) is 4.79 Å². The number of carbonyl (C=O) groups is 1. The molecule has 0 unspecified atom stereocenters. The van der Waals surface area contributed by atoms with Gasteiger partial charge in [0.1, 0.15) is 23.9 Å². The van der Waals surface area contributed by atoms with Crippen LogP contribution in [0.4, 0.5) is 0 Å². The van der Waals surface area contributed by atoms with Gasteiger partial charge in [-0.2, -0.15) is 0 Å². The number of likely N-dealkylation sites (tertiary alicyclic amines) is 1. The van der Waals surface area contributed by atoms with Gasteiger partial charge in [0.25, 0.3) is 0 Å². The number of piperidine rings is 1. The fraction of sp³-hybridized carbons (Fsp3) is 0.333. The van der Waals surface area contributed by atoms with Crippen LogP contribution >= 0.6 is 0 Å². The largest absolute Gasteiger partial charge is 0.496 e. The average Bonchev–Trinajstić information content (AvgIpc) is 2.78. The molecule has 1 aliphatic heterocycles. The summed E-state index contributed by atoms with van der Waals surface area (Å²) < 4.78 is 11.9. The molecule has 0 saturated carbocycles. The molecule has 2 aromatic carbocycles. The van der Waals surface area contributed by atoms with E-state index in [1.54, 1.807) is 7.11 Å². The van der Waals surface area contributed by atoms with Crippen molar-refractivity contribution in [2.24, 2.45) is 0 Å². The van der Waals surface area contributed by atoms with E-state index >= 15 is 0 Å². The van der Waals surface area contributed by atoms with Crippen LogP contribution < -0.4 is 9.47 Å². The van der Waals surface area contributed by atoms with Gasteiger partial charge in [-0.15, -0.1) is 0 Å². The first-order chi connectivity index (χ1) is 14.3. The number of hydrogen-bond donors (Lipinski definition) is 0. The Morgan fingerprint density at radius 1 is 1.14 bits per heavy atom. The molecule has 1 fully saturated rings. The Bertz CT molecular complexity index is 981.